The van der Waals surface area contributed by atoms with E-state index in [1.54, 1.807) is 16.4 Å². The Morgan fingerprint density at radius 2 is 1.96 bits per heavy atom. The molecule has 1 aromatic carbocycles. The summed E-state index contributed by atoms with van der Waals surface area (Å²) in [5, 5.41) is 2.96. The first-order valence-corrected chi connectivity index (χ1v) is 11.5. The Labute approximate surface area is 167 Å². The van der Waals surface area contributed by atoms with Crippen LogP contribution in [0.2, 0.25) is 0 Å². The summed E-state index contributed by atoms with van der Waals surface area (Å²) >= 11 is 0. The van der Waals surface area contributed by atoms with E-state index in [0.717, 1.165) is 37.0 Å². The van der Waals surface area contributed by atoms with Gasteiger partial charge in [0.15, 0.2) is 0 Å². The van der Waals surface area contributed by atoms with Crippen LogP contribution in [0.5, 0.6) is 0 Å². The van der Waals surface area contributed by atoms with Gasteiger partial charge in [0.05, 0.1) is 15.9 Å². The average molecular weight is 407 g/mol. The third kappa shape index (κ3) is 4.38. The minimum Gasteiger partial charge on any atom is -0.354 e. The number of nitrogens with zero attached hydrogens (tertiary/aromatic N) is 3. The zero-order valence-corrected chi connectivity index (χ0v) is 17.8. The molecule has 1 aliphatic heterocycles. The lowest BCUT2D eigenvalue weighted by atomic mass is 10.2. The van der Waals surface area contributed by atoms with Gasteiger partial charge in [-0.15, -0.1) is 0 Å². The van der Waals surface area contributed by atoms with Crippen LogP contribution in [0.15, 0.2) is 23.1 Å². The van der Waals surface area contributed by atoms with Crippen LogP contribution in [-0.2, 0) is 28.3 Å². The third-order valence-corrected chi connectivity index (χ3v) is 7.39. The predicted molar refractivity (Wildman–Crippen MR) is 110 cm³/mol. The number of sulfonamides is 1. The van der Waals surface area contributed by atoms with Gasteiger partial charge >= 0.3 is 0 Å². The smallest absolute Gasteiger partial charge is 0.243 e. The molecule has 7 nitrogen and oxygen atoms in total. The van der Waals surface area contributed by atoms with E-state index in [4.69, 9.17) is 0 Å². The maximum atomic E-state index is 12.9. The van der Waals surface area contributed by atoms with Crippen molar-refractivity contribution in [3.05, 3.63) is 24.0 Å². The van der Waals surface area contributed by atoms with E-state index in [9.17, 15) is 13.2 Å². The number of benzene rings is 1. The number of aryl methyl sites for hydroxylation is 2. The lowest BCUT2D eigenvalue weighted by Crippen LogP contribution is -2.35. The zero-order valence-electron chi connectivity index (χ0n) is 16.9. The Balaban J connectivity index is 1.79. The molecule has 28 heavy (non-hydrogen) atoms. The summed E-state index contributed by atoms with van der Waals surface area (Å²) < 4.78 is 29.3. The van der Waals surface area contributed by atoms with Crippen molar-refractivity contribution in [1.29, 1.82) is 0 Å². The molecule has 0 aliphatic carbocycles. The summed E-state index contributed by atoms with van der Waals surface area (Å²) in [4.78, 5) is 16.9. The first-order valence-electron chi connectivity index (χ1n) is 10.1. The minimum absolute atomic E-state index is 0.00905. The highest BCUT2D eigenvalue weighted by Crippen LogP contribution is 2.24. The van der Waals surface area contributed by atoms with Crippen LogP contribution in [0.3, 0.4) is 0 Å². The number of imidazole rings is 1. The average Bonchev–Trinajstić information content (AvgIpc) is 3.02. The number of amides is 1. The molecule has 8 heteroatoms. The monoisotopic (exact) mass is 406 g/mol. The van der Waals surface area contributed by atoms with Gasteiger partial charge in [0.25, 0.3) is 0 Å². The van der Waals surface area contributed by atoms with Crippen LogP contribution in [-0.4, -0.2) is 47.3 Å². The molecule has 3 rings (SSSR count). The van der Waals surface area contributed by atoms with E-state index in [1.165, 1.54) is 0 Å². The Morgan fingerprint density at radius 1 is 1.25 bits per heavy atom. The second-order valence-electron chi connectivity index (χ2n) is 7.58. The van der Waals surface area contributed by atoms with Crippen LogP contribution in [0.25, 0.3) is 11.0 Å². The molecular formula is C20H30N4O3S. The van der Waals surface area contributed by atoms with Gasteiger partial charge in [0, 0.05) is 39.0 Å². The predicted octanol–water partition coefficient (Wildman–Crippen LogP) is 2.60. The summed E-state index contributed by atoms with van der Waals surface area (Å²) in [6.45, 7) is 5.18. The standard InChI is InChI=1S/C20H30N4O3S/c1-4-15(2)21-20(25)11-10-19-22-17-14-16(8-9-18(17)23(19)3)28(26,27)24-12-6-5-7-13-24/h8-9,14-15H,4-7,10-13H2,1-3H3,(H,21,25). The third-order valence-electron chi connectivity index (χ3n) is 5.49. The Kier molecular flexibility index (Phi) is 6.40. The molecular weight excluding hydrogens is 376 g/mol. The van der Waals surface area contributed by atoms with Gasteiger partial charge in [0.1, 0.15) is 5.82 Å². The molecule has 1 atom stereocenters. The number of carbonyl (C=O) groups excluding carboxylic acids is 1. The number of aromatic nitrogens is 2. The van der Waals surface area contributed by atoms with Crippen molar-refractivity contribution in [2.75, 3.05) is 13.1 Å². The first kappa shape index (κ1) is 20.8. The summed E-state index contributed by atoms with van der Waals surface area (Å²) in [5.74, 6) is 0.789. The minimum atomic E-state index is -3.48. The summed E-state index contributed by atoms with van der Waals surface area (Å²) in [6, 6.07) is 5.28. The van der Waals surface area contributed by atoms with E-state index < -0.39 is 10.0 Å². The molecule has 0 saturated carbocycles. The van der Waals surface area contributed by atoms with Crippen molar-refractivity contribution in [3.8, 4) is 0 Å². The second kappa shape index (κ2) is 8.61. The van der Waals surface area contributed by atoms with Gasteiger partial charge in [-0.1, -0.05) is 13.3 Å². The highest BCUT2D eigenvalue weighted by Gasteiger charge is 2.26. The Morgan fingerprint density at radius 3 is 2.64 bits per heavy atom. The SMILES string of the molecule is CCC(C)NC(=O)CCc1nc2cc(S(=O)(=O)N3CCCCC3)ccc2n1C. The molecule has 0 spiro atoms. The molecule has 1 aliphatic rings. The van der Waals surface area contributed by atoms with Gasteiger partial charge < -0.3 is 9.88 Å². The molecule has 154 valence electrons. The molecule has 1 saturated heterocycles. The maximum Gasteiger partial charge on any atom is 0.243 e. The summed E-state index contributed by atoms with van der Waals surface area (Å²) in [6.07, 6.45) is 4.68. The fourth-order valence-electron chi connectivity index (χ4n) is 3.54. The Hall–Kier alpha value is -1.93. The van der Waals surface area contributed by atoms with E-state index >= 15 is 0 Å². The fraction of sp³-hybridized carbons (Fsp3) is 0.600. The van der Waals surface area contributed by atoms with Crippen LogP contribution in [0.1, 0.15) is 51.8 Å². The lowest BCUT2D eigenvalue weighted by molar-refractivity contribution is -0.121. The highest BCUT2D eigenvalue weighted by molar-refractivity contribution is 7.89. The molecule has 1 N–H and O–H groups in total. The number of rotatable bonds is 7. The molecule has 1 amide bonds. The van der Waals surface area contributed by atoms with Crippen LogP contribution in [0.4, 0.5) is 0 Å². The first-order chi connectivity index (χ1) is 13.3. The zero-order chi connectivity index (χ0) is 20.3. The van der Waals surface area contributed by atoms with Crippen molar-refractivity contribution in [2.24, 2.45) is 7.05 Å². The topological polar surface area (TPSA) is 84.3 Å². The lowest BCUT2D eigenvalue weighted by Gasteiger charge is -2.25. The highest BCUT2D eigenvalue weighted by atomic mass is 32.2. The molecule has 1 aromatic heterocycles. The molecule has 1 unspecified atom stereocenters. The number of hydrogen-bond donors (Lipinski definition) is 1. The quantitative estimate of drug-likeness (QED) is 0.766. The van der Waals surface area contributed by atoms with E-state index in [1.807, 2.05) is 31.5 Å². The van der Waals surface area contributed by atoms with Gasteiger partial charge in [-0.05, 0) is 44.4 Å². The number of hydrogen-bond acceptors (Lipinski definition) is 4. The largest absolute Gasteiger partial charge is 0.354 e. The fourth-order valence-corrected chi connectivity index (χ4v) is 5.08. The number of fused-ring (bicyclic) bond motifs is 1. The maximum absolute atomic E-state index is 12.9. The van der Waals surface area contributed by atoms with Crippen molar-refractivity contribution < 1.29 is 13.2 Å². The van der Waals surface area contributed by atoms with Gasteiger partial charge in [0.2, 0.25) is 15.9 Å². The normalized spacial score (nSPS) is 17.0. The van der Waals surface area contributed by atoms with Gasteiger partial charge in [-0.3, -0.25) is 4.79 Å². The van der Waals surface area contributed by atoms with Gasteiger partial charge in [-0.2, -0.15) is 4.31 Å². The molecule has 2 heterocycles. The van der Waals surface area contributed by atoms with Crippen molar-refractivity contribution >= 4 is 27.0 Å². The van der Waals surface area contributed by atoms with Crippen molar-refractivity contribution in [1.82, 2.24) is 19.2 Å². The van der Waals surface area contributed by atoms with Gasteiger partial charge in [-0.25, -0.2) is 13.4 Å². The molecule has 0 radical (unpaired) electrons. The van der Waals surface area contributed by atoms with E-state index in [-0.39, 0.29) is 11.9 Å². The second-order valence-corrected chi connectivity index (χ2v) is 9.52. The number of carbonyl (C=O) groups is 1. The van der Waals surface area contributed by atoms with Crippen molar-refractivity contribution in [2.45, 2.75) is 63.3 Å². The Bertz CT molecular complexity index is 946. The van der Waals surface area contributed by atoms with E-state index in [2.05, 4.69) is 10.3 Å². The summed E-state index contributed by atoms with van der Waals surface area (Å²) in [5.41, 5.74) is 1.52. The molecule has 0 bridgehead atoms. The summed E-state index contributed by atoms with van der Waals surface area (Å²) in [7, 11) is -1.58. The van der Waals surface area contributed by atoms with Crippen LogP contribution >= 0.6 is 0 Å². The number of nitrogens with one attached hydrogen (secondary N) is 1. The van der Waals surface area contributed by atoms with Crippen molar-refractivity contribution in [3.63, 3.8) is 0 Å². The van der Waals surface area contributed by atoms with E-state index in [0.29, 0.717) is 36.3 Å². The molecule has 2 aromatic rings. The van der Waals surface area contributed by atoms with Crippen LogP contribution in [0, 0.1) is 0 Å². The van der Waals surface area contributed by atoms with Crippen LogP contribution < -0.4 is 5.32 Å². The molecule has 1 fully saturated rings. The number of piperidine rings is 1.